The van der Waals surface area contributed by atoms with Crippen LogP contribution in [0, 0.1) is 11.8 Å². The van der Waals surface area contributed by atoms with Gasteiger partial charge in [0.1, 0.15) is 0 Å². The maximum atomic E-state index is 4.05. The van der Waals surface area contributed by atoms with E-state index >= 15 is 0 Å². The van der Waals surface area contributed by atoms with Gasteiger partial charge >= 0.3 is 0 Å². The van der Waals surface area contributed by atoms with Crippen LogP contribution in [0.5, 0.6) is 0 Å². The standard InChI is InChI=1S/C11H19N3S/c1-8-3-4-11(9(2)5-8)12-6-10-7-15-14-13-10/h7-9,11-12H,3-6H2,1-2H3. The van der Waals surface area contributed by atoms with Gasteiger partial charge in [0.25, 0.3) is 0 Å². The molecule has 0 aliphatic heterocycles. The first-order valence-electron chi connectivity index (χ1n) is 5.75. The molecule has 1 aromatic heterocycles. The van der Waals surface area contributed by atoms with Crippen molar-refractivity contribution in [2.45, 2.75) is 45.7 Å². The molecular weight excluding hydrogens is 206 g/mol. The Labute approximate surface area is 95.4 Å². The fraction of sp³-hybridized carbons (Fsp3) is 0.818. The van der Waals surface area contributed by atoms with E-state index in [2.05, 4.69) is 28.8 Å². The van der Waals surface area contributed by atoms with Crippen molar-refractivity contribution in [1.82, 2.24) is 14.9 Å². The first-order valence-corrected chi connectivity index (χ1v) is 6.58. The zero-order chi connectivity index (χ0) is 10.7. The molecule has 0 amide bonds. The average Bonchev–Trinajstić information content (AvgIpc) is 2.69. The van der Waals surface area contributed by atoms with Crippen LogP contribution >= 0.6 is 11.5 Å². The van der Waals surface area contributed by atoms with Crippen molar-refractivity contribution in [3.05, 3.63) is 11.1 Å². The lowest BCUT2D eigenvalue weighted by atomic mass is 9.80. The largest absolute Gasteiger partial charge is 0.308 e. The van der Waals surface area contributed by atoms with Gasteiger partial charge in [0, 0.05) is 18.0 Å². The summed E-state index contributed by atoms with van der Waals surface area (Å²) < 4.78 is 3.87. The summed E-state index contributed by atoms with van der Waals surface area (Å²) in [5, 5.41) is 9.66. The van der Waals surface area contributed by atoms with Crippen LogP contribution in [0.3, 0.4) is 0 Å². The van der Waals surface area contributed by atoms with Gasteiger partial charge in [0.05, 0.1) is 5.69 Å². The van der Waals surface area contributed by atoms with Gasteiger partial charge in [-0.15, -0.1) is 5.10 Å². The van der Waals surface area contributed by atoms with Crippen LogP contribution in [0.25, 0.3) is 0 Å². The molecular formula is C11H19N3S. The molecule has 3 atom stereocenters. The maximum Gasteiger partial charge on any atom is 0.0893 e. The van der Waals surface area contributed by atoms with Crippen LogP contribution in [-0.2, 0) is 6.54 Å². The Kier molecular flexibility index (Phi) is 3.70. The number of rotatable bonds is 3. The van der Waals surface area contributed by atoms with Crippen LogP contribution < -0.4 is 5.32 Å². The molecule has 1 saturated carbocycles. The number of hydrogen-bond donors (Lipinski definition) is 1. The van der Waals surface area contributed by atoms with Gasteiger partial charge in [0.2, 0.25) is 0 Å². The van der Waals surface area contributed by atoms with Crippen LogP contribution in [0.1, 0.15) is 38.8 Å². The Morgan fingerprint density at radius 2 is 2.33 bits per heavy atom. The monoisotopic (exact) mass is 225 g/mol. The minimum Gasteiger partial charge on any atom is -0.308 e. The predicted octanol–water partition coefficient (Wildman–Crippen LogP) is 2.45. The number of nitrogens with one attached hydrogen (secondary N) is 1. The van der Waals surface area contributed by atoms with Gasteiger partial charge in [-0.2, -0.15) is 0 Å². The highest BCUT2D eigenvalue weighted by Crippen LogP contribution is 2.28. The summed E-state index contributed by atoms with van der Waals surface area (Å²) in [7, 11) is 0. The molecule has 4 heteroatoms. The van der Waals surface area contributed by atoms with Crippen LogP contribution in [0.2, 0.25) is 0 Å². The quantitative estimate of drug-likeness (QED) is 0.858. The van der Waals surface area contributed by atoms with E-state index < -0.39 is 0 Å². The first-order chi connectivity index (χ1) is 7.25. The van der Waals surface area contributed by atoms with Crippen LogP contribution in [-0.4, -0.2) is 15.6 Å². The molecule has 1 aliphatic rings. The van der Waals surface area contributed by atoms with Gasteiger partial charge in [-0.25, -0.2) is 0 Å². The normalized spacial score (nSPS) is 31.7. The van der Waals surface area contributed by atoms with Crippen molar-refractivity contribution in [3.63, 3.8) is 0 Å². The summed E-state index contributed by atoms with van der Waals surface area (Å²) in [6.07, 6.45) is 4.02. The number of hydrogen-bond acceptors (Lipinski definition) is 4. The summed E-state index contributed by atoms with van der Waals surface area (Å²) in [6, 6.07) is 0.669. The Bertz CT molecular complexity index is 286. The van der Waals surface area contributed by atoms with Gasteiger partial charge in [-0.1, -0.05) is 18.3 Å². The molecule has 0 radical (unpaired) electrons. The number of nitrogens with zero attached hydrogens (tertiary/aromatic N) is 2. The second-order valence-corrected chi connectivity index (χ2v) is 5.39. The highest BCUT2D eigenvalue weighted by atomic mass is 32.1. The molecule has 1 heterocycles. The Morgan fingerprint density at radius 1 is 1.47 bits per heavy atom. The lowest BCUT2D eigenvalue weighted by Gasteiger charge is -2.33. The van der Waals surface area contributed by atoms with E-state index in [1.54, 1.807) is 0 Å². The fourth-order valence-electron chi connectivity index (χ4n) is 2.47. The molecule has 0 spiro atoms. The molecule has 1 aliphatic carbocycles. The van der Waals surface area contributed by atoms with Gasteiger partial charge in [-0.05, 0) is 42.6 Å². The summed E-state index contributed by atoms with van der Waals surface area (Å²) in [6.45, 7) is 5.59. The minimum absolute atomic E-state index is 0.669. The van der Waals surface area contributed by atoms with E-state index in [1.165, 1.54) is 30.8 Å². The Balaban J connectivity index is 1.79. The van der Waals surface area contributed by atoms with E-state index in [1.807, 2.05) is 5.38 Å². The van der Waals surface area contributed by atoms with Crippen molar-refractivity contribution in [1.29, 1.82) is 0 Å². The molecule has 0 aromatic carbocycles. The molecule has 3 unspecified atom stereocenters. The summed E-state index contributed by atoms with van der Waals surface area (Å²) in [5.74, 6) is 1.69. The molecule has 1 N–H and O–H groups in total. The lowest BCUT2D eigenvalue weighted by molar-refractivity contribution is 0.226. The summed E-state index contributed by atoms with van der Waals surface area (Å²) in [5.41, 5.74) is 1.07. The molecule has 1 aromatic rings. The smallest absolute Gasteiger partial charge is 0.0893 e. The second kappa shape index (κ2) is 5.03. The highest BCUT2D eigenvalue weighted by Gasteiger charge is 2.24. The van der Waals surface area contributed by atoms with Gasteiger partial charge in [0.15, 0.2) is 0 Å². The minimum atomic E-state index is 0.669. The third-order valence-corrected chi connectivity index (χ3v) is 3.94. The SMILES string of the molecule is CC1CCC(NCc2csnn2)C(C)C1. The zero-order valence-corrected chi connectivity index (χ0v) is 10.3. The predicted molar refractivity (Wildman–Crippen MR) is 62.7 cm³/mol. The second-order valence-electron chi connectivity index (χ2n) is 4.78. The zero-order valence-electron chi connectivity index (χ0n) is 9.44. The van der Waals surface area contributed by atoms with Crippen LogP contribution in [0.4, 0.5) is 0 Å². The molecule has 15 heavy (non-hydrogen) atoms. The molecule has 0 saturated heterocycles. The van der Waals surface area contributed by atoms with Crippen LogP contribution in [0.15, 0.2) is 5.38 Å². The van der Waals surface area contributed by atoms with Gasteiger partial charge in [-0.3, -0.25) is 0 Å². The van der Waals surface area contributed by atoms with E-state index in [-0.39, 0.29) is 0 Å². The van der Waals surface area contributed by atoms with E-state index in [0.29, 0.717) is 6.04 Å². The van der Waals surface area contributed by atoms with Crippen molar-refractivity contribution >= 4 is 11.5 Å². The molecule has 0 bridgehead atoms. The van der Waals surface area contributed by atoms with Crippen molar-refractivity contribution in [2.75, 3.05) is 0 Å². The first kappa shape index (κ1) is 11.0. The molecule has 2 rings (SSSR count). The molecule has 1 fully saturated rings. The molecule has 84 valence electrons. The average molecular weight is 225 g/mol. The van der Waals surface area contributed by atoms with Crippen molar-refractivity contribution in [3.8, 4) is 0 Å². The van der Waals surface area contributed by atoms with Gasteiger partial charge < -0.3 is 5.32 Å². The van der Waals surface area contributed by atoms with E-state index in [0.717, 1.165) is 24.1 Å². The summed E-state index contributed by atoms with van der Waals surface area (Å²) in [4.78, 5) is 0. The topological polar surface area (TPSA) is 37.8 Å². The Hall–Kier alpha value is -0.480. The molecule has 3 nitrogen and oxygen atoms in total. The van der Waals surface area contributed by atoms with Crippen molar-refractivity contribution < 1.29 is 0 Å². The number of aromatic nitrogens is 2. The Morgan fingerprint density at radius 3 is 3.00 bits per heavy atom. The lowest BCUT2D eigenvalue weighted by Crippen LogP contribution is -2.38. The third kappa shape index (κ3) is 2.98. The fourth-order valence-corrected chi connectivity index (χ4v) is 2.92. The van der Waals surface area contributed by atoms with E-state index in [9.17, 15) is 0 Å². The third-order valence-electron chi connectivity index (χ3n) is 3.38. The maximum absolute atomic E-state index is 4.05. The van der Waals surface area contributed by atoms with E-state index in [4.69, 9.17) is 0 Å². The highest BCUT2D eigenvalue weighted by molar-refractivity contribution is 7.03. The summed E-state index contributed by atoms with van der Waals surface area (Å²) >= 11 is 1.43. The van der Waals surface area contributed by atoms with Crippen molar-refractivity contribution in [2.24, 2.45) is 11.8 Å².